The molecule has 0 aromatic carbocycles. The second kappa shape index (κ2) is 5.34. The van der Waals surface area contributed by atoms with Crippen molar-refractivity contribution >= 4 is 33.3 Å². The van der Waals surface area contributed by atoms with Crippen molar-refractivity contribution in [1.29, 1.82) is 0 Å². The zero-order valence-corrected chi connectivity index (χ0v) is 11.0. The Bertz CT molecular complexity index is 678. The third-order valence-electron chi connectivity index (χ3n) is 2.07. The number of hydrazine groups is 1. The van der Waals surface area contributed by atoms with Crippen LogP contribution in [0.2, 0.25) is 5.02 Å². The van der Waals surface area contributed by atoms with Crippen LogP contribution in [0.5, 0.6) is 0 Å². The first-order valence-electron chi connectivity index (χ1n) is 4.95. The summed E-state index contributed by atoms with van der Waals surface area (Å²) in [6.45, 7) is 0. The Morgan fingerprint density at radius 2 is 2.16 bits per heavy atom. The minimum Gasteiger partial charge on any atom is -0.307 e. The molecule has 0 saturated carbocycles. The Balaban J connectivity index is 2.32. The van der Waals surface area contributed by atoms with Gasteiger partial charge in [-0.25, -0.2) is 19.2 Å². The summed E-state index contributed by atoms with van der Waals surface area (Å²) in [6.07, 6.45) is 2.55. The van der Waals surface area contributed by atoms with Gasteiger partial charge >= 0.3 is 0 Å². The summed E-state index contributed by atoms with van der Waals surface area (Å²) in [5, 5.41) is 7.27. The first kappa shape index (κ1) is 13.5. The molecule has 8 nitrogen and oxygen atoms in total. The quantitative estimate of drug-likeness (QED) is 0.558. The highest BCUT2D eigenvalue weighted by atomic mass is 35.5. The number of sulfonamides is 1. The number of hydrogen-bond donors (Lipinski definition) is 3. The predicted octanol–water partition coefficient (Wildman–Crippen LogP) is 0.611. The fourth-order valence-corrected chi connectivity index (χ4v) is 2.48. The standard InChI is InChI=1S/C9H9ClN6O2S/c10-7-4-6(5-12-9(7)14-11)19(17,18)16-8-2-1-3-13-15-8/h1-5H,11H2,(H,12,14)(H,15,16). The molecule has 19 heavy (non-hydrogen) atoms. The SMILES string of the molecule is NNc1ncc(S(=O)(=O)Nc2cccnn2)cc1Cl. The van der Waals surface area contributed by atoms with Gasteiger partial charge in [-0.1, -0.05) is 11.6 Å². The summed E-state index contributed by atoms with van der Waals surface area (Å²) in [6, 6.07) is 4.25. The average molecular weight is 301 g/mol. The number of anilines is 2. The van der Waals surface area contributed by atoms with Crippen molar-refractivity contribution < 1.29 is 8.42 Å². The molecule has 2 aromatic heterocycles. The highest BCUT2D eigenvalue weighted by Crippen LogP contribution is 2.22. The molecule has 2 heterocycles. The first-order valence-corrected chi connectivity index (χ1v) is 6.82. The van der Waals surface area contributed by atoms with Crippen LogP contribution < -0.4 is 16.0 Å². The van der Waals surface area contributed by atoms with Crippen molar-refractivity contribution in [3.63, 3.8) is 0 Å². The zero-order chi connectivity index (χ0) is 13.9. The molecule has 4 N–H and O–H groups in total. The number of nitrogens with two attached hydrogens (primary N) is 1. The molecule has 0 unspecified atom stereocenters. The van der Waals surface area contributed by atoms with Gasteiger partial charge in [0.05, 0.1) is 5.02 Å². The summed E-state index contributed by atoms with van der Waals surface area (Å²) in [4.78, 5) is 3.67. The Labute approximate surface area is 114 Å². The summed E-state index contributed by atoms with van der Waals surface area (Å²) in [5.41, 5.74) is 2.24. The van der Waals surface area contributed by atoms with E-state index in [0.717, 1.165) is 6.20 Å². The molecule has 0 atom stereocenters. The van der Waals surface area contributed by atoms with Crippen LogP contribution in [-0.4, -0.2) is 23.6 Å². The summed E-state index contributed by atoms with van der Waals surface area (Å²) < 4.78 is 26.3. The number of hydrogen-bond acceptors (Lipinski definition) is 7. The van der Waals surface area contributed by atoms with Crippen LogP contribution in [0, 0.1) is 0 Å². The van der Waals surface area contributed by atoms with Gasteiger partial charge in [0.2, 0.25) is 0 Å². The number of pyridine rings is 1. The number of nitrogen functional groups attached to an aromatic ring is 1. The highest BCUT2D eigenvalue weighted by Gasteiger charge is 2.17. The molecule has 100 valence electrons. The van der Waals surface area contributed by atoms with E-state index in [2.05, 4.69) is 25.3 Å². The van der Waals surface area contributed by atoms with Crippen molar-refractivity contribution in [3.05, 3.63) is 35.6 Å². The van der Waals surface area contributed by atoms with E-state index in [1.165, 1.54) is 18.3 Å². The maximum Gasteiger partial charge on any atom is 0.264 e. The van der Waals surface area contributed by atoms with Crippen molar-refractivity contribution in [2.45, 2.75) is 4.90 Å². The van der Waals surface area contributed by atoms with E-state index < -0.39 is 10.0 Å². The van der Waals surface area contributed by atoms with Gasteiger partial charge in [-0.2, -0.15) is 5.10 Å². The van der Waals surface area contributed by atoms with Gasteiger partial charge in [0, 0.05) is 12.4 Å². The van der Waals surface area contributed by atoms with Crippen molar-refractivity contribution in [2.75, 3.05) is 10.1 Å². The van der Waals surface area contributed by atoms with Gasteiger partial charge in [0.25, 0.3) is 10.0 Å². The molecule has 0 aliphatic carbocycles. The Hall–Kier alpha value is -1.97. The lowest BCUT2D eigenvalue weighted by Crippen LogP contribution is -2.15. The van der Waals surface area contributed by atoms with Crippen molar-refractivity contribution in [2.24, 2.45) is 5.84 Å². The molecule has 2 rings (SSSR count). The minimum atomic E-state index is -3.83. The van der Waals surface area contributed by atoms with Crippen LogP contribution >= 0.6 is 11.6 Å². The monoisotopic (exact) mass is 300 g/mol. The van der Waals surface area contributed by atoms with Crippen molar-refractivity contribution in [3.8, 4) is 0 Å². The normalized spacial score (nSPS) is 11.1. The molecule has 0 bridgehead atoms. The van der Waals surface area contributed by atoms with E-state index in [0.29, 0.717) is 0 Å². The van der Waals surface area contributed by atoms with Crippen LogP contribution in [0.1, 0.15) is 0 Å². The van der Waals surface area contributed by atoms with Crippen LogP contribution in [-0.2, 0) is 10.0 Å². The van der Waals surface area contributed by atoms with Crippen LogP contribution in [0.15, 0.2) is 35.5 Å². The van der Waals surface area contributed by atoms with Crippen LogP contribution in [0.25, 0.3) is 0 Å². The topological polar surface area (TPSA) is 123 Å². The summed E-state index contributed by atoms with van der Waals surface area (Å²) in [7, 11) is -3.83. The summed E-state index contributed by atoms with van der Waals surface area (Å²) in [5.74, 6) is 5.43. The van der Waals surface area contributed by atoms with Gasteiger partial charge in [-0.05, 0) is 18.2 Å². The van der Waals surface area contributed by atoms with E-state index in [-0.39, 0.29) is 21.6 Å². The maximum absolute atomic E-state index is 12.0. The molecule has 0 amide bonds. The lowest BCUT2D eigenvalue weighted by molar-refractivity contribution is 0.600. The number of halogens is 1. The predicted molar refractivity (Wildman–Crippen MR) is 69.9 cm³/mol. The van der Waals surface area contributed by atoms with Gasteiger partial charge < -0.3 is 5.43 Å². The molecular formula is C9H9ClN6O2S. The molecule has 0 fully saturated rings. The molecule has 10 heteroatoms. The Morgan fingerprint density at radius 3 is 2.74 bits per heavy atom. The van der Waals surface area contributed by atoms with E-state index in [4.69, 9.17) is 17.4 Å². The molecule has 0 aliphatic rings. The third-order valence-corrected chi connectivity index (χ3v) is 3.68. The van der Waals surface area contributed by atoms with E-state index in [1.54, 1.807) is 6.07 Å². The number of aromatic nitrogens is 3. The van der Waals surface area contributed by atoms with Crippen LogP contribution in [0.3, 0.4) is 0 Å². The number of nitrogens with zero attached hydrogens (tertiary/aromatic N) is 3. The van der Waals surface area contributed by atoms with Gasteiger partial charge in [-0.3, -0.25) is 4.72 Å². The molecule has 0 spiro atoms. The zero-order valence-electron chi connectivity index (χ0n) is 9.41. The van der Waals surface area contributed by atoms with Crippen LogP contribution in [0.4, 0.5) is 11.6 Å². The highest BCUT2D eigenvalue weighted by molar-refractivity contribution is 7.92. The largest absolute Gasteiger partial charge is 0.307 e. The van der Waals surface area contributed by atoms with E-state index >= 15 is 0 Å². The van der Waals surface area contributed by atoms with Gasteiger partial charge in [0.1, 0.15) is 4.90 Å². The third kappa shape index (κ3) is 3.08. The molecule has 0 radical (unpaired) electrons. The van der Waals surface area contributed by atoms with E-state index in [9.17, 15) is 8.42 Å². The Kier molecular flexibility index (Phi) is 3.79. The fourth-order valence-electron chi connectivity index (χ4n) is 1.23. The number of nitrogens with one attached hydrogen (secondary N) is 2. The van der Waals surface area contributed by atoms with Gasteiger partial charge in [-0.15, -0.1) is 5.10 Å². The fraction of sp³-hybridized carbons (Fsp3) is 0. The summed E-state index contributed by atoms with van der Waals surface area (Å²) >= 11 is 5.81. The molecule has 0 aliphatic heterocycles. The van der Waals surface area contributed by atoms with E-state index in [1.807, 2.05) is 0 Å². The Morgan fingerprint density at radius 1 is 1.37 bits per heavy atom. The molecule has 2 aromatic rings. The second-order valence-electron chi connectivity index (χ2n) is 3.36. The average Bonchev–Trinajstić information content (AvgIpc) is 2.39. The molecular weight excluding hydrogens is 292 g/mol. The lowest BCUT2D eigenvalue weighted by atomic mass is 10.5. The maximum atomic E-state index is 12.0. The smallest absolute Gasteiger partial charge is 0.264 e. The number of rotatable bonds is 4. The molecule has 0 saturated heterocycles. The second-order valence-corrected chi connectivity index (χ2v) is 5.45. The van der Waals surface area contributed by atoms with Crippen molar-refractivity contribution in [1.82, 2.24) is 15.2 Å². The minimum absolute atomic E-state index is 0.0875. The first-order chi connectivity index (χ1) is 9.03. The lowest BCUT2D eigenvalue weighted by Gasteiger charge is -2.08. The van der Waals surface area contributed by atoms with Gasteiger partial charge in [0.15, 0.2) is 11.6 Å².